The van der Waals surface area contributed by atoms with E-state index in [9.17, 15) is 9.18 Å². The lowest BCUT2D eigenvalue weighted by Gasteiger charge is -2.38. The van der Waals surface area contributed by atoms with Crippen LogP contribution in [0.3, 0.4) is 0 Å². The Bertz CT molecular complexity index is 1170. The van der Waals surface area contributed by atoms with E-state index in [1.165, 1.54) is 0 Å². The Labute approximate surface area is 221 Å². The van der Waals surface area contributed by atoms with Gasteiger partial charge in [0.25, 0.3) is 0 Å². The molecule has 3 fully saturated rings. The van der Waals surface area contributed by atoms with Crippen LogP contribution in [0.5, 0.6) is 6.01 Å². The van der Waals surface area contributed by atoms with E-state index < -0.39 is 11.8 Å². The topological polar surface area (TPSA) is 96.8 Å². The van der Waals surface area contributed by atoms with Crippen LogP contribution in [-0.4, -0.2) is 99.2 Å². The van der Waals surface area contributed by atoms with Crippen LogP contribution in [0, 0.1) is 0 Å². The number of hydrogen-bond donors (Lipinski definition) is 0. The molecule has 2 aromatic heterocycles. The summed E-state index contributed by atoms with van der Waals surface area (Å²) in [6.45, 7) is 8.52. The molecule has 0 aromatic carbocycles. The number of hydrogen-bond acceptors (Lipinski definition) is 9. The van der Waals surface area contributed by atoms with Gasteiger partial charge in [0.1, 0.15) is 23.9 Å². The molecule has 0 radical (unpaired) electrons. The van der Waals surface area contributed by atoms with Crippen LogP contribution in [0.2, 0.25) is 5.15 Å². The lowest BCUT2D eigenvalue weighted by atomic mass is 9.95. The predicted molar refractivity (Wildman–Crippen MR) is 138 cm³/mol. The van der Waals surface area contributed by atoms with Crippen molar-refractivity contribution in [2.75, 3.05) is 44.7 Å². The molecule has 37 heavy (non-hydrogen) atoms. The number of anilines is 1. The van der Waals surface area contributed by atoms with Gasteiger partial charge in [0.15, 0.2) is 16.5 Å². The fourth-order valence-corrected chi connectivity index (χ4v) is 5.90. The van der Waals surface area contributed by atoms with Gasteiger partial charge in [-0.3, -0.25) is 4.90 Å². The Hall–Kier alpha value is -2.53. The number of aromatic nitrogens is 4. The minimum atomic E-state index is -0.835. The zero-order valence-corrected chi connectivity index (χ0v) is 22.7. The van der Waals surface area contributed by atoms with Gasteiger partial charge in [0.2, 0.25) is 0 Å². The molecule has 10 nitrogen and oxygen atoms in total. The van der Waals surface area contributed by atoms with Crippen molar-refractivity contribution in [1.82, 2.24) is 30.0 Å². The smallest absolute Gasteiger partial charge is 0.410 e. The van der Waals surface area contributed by atoms with Crippen LogP contribution in [0.15, 0.2) is 6.07 Å². The Kier molecular flexibility index (Phi) is 7.04. The number of carbonyl (C=O) groups is 1. The summed E-state index contributed by atoms with van der Waals surface area (Å²) in [6.07, 6.45) is 2.91. The number of halogens is 2. The lowest BCUT2D eigenvalue weighted by Crippen LogP contribution is -2.50. The first-order valence-corrected chi connectivity index (χ1v) is 13.3. The van der Waals surface area contributed by atoms with Crippen molar-refractivity contribution in [3.63, 3.8) is 0 Å². The summed E-state index contributed by atoms with van der Waals surface area (Å²) in [5, 5.41) is 8.52. The first-order chi connectivity index (χ1) is 17.5. The van der Waals surface area contributed by atoms with Gasteiger partial charge in [0.05, 0.1) is 11.6 Å². The SMILES string of the molecule is CN(C(=O)OC(C)(C)C)[C@@H]1CCCN(c2nc(OC[C@@]34CCCN3C[C@H](F)C4)nc3cc(Cl)nnc23)C1. The van der Waals surface area contributed by atoms with E-state index >= 15 is 0 Å². The van der Waals surface area contributed by atoms with E-state index in [4.69, 9.17) is 26.1 Å². The molecule has 5 rings (SSSR count). The van der Waals surface area contributed by atoms with Crippen molar-refractivity contribution in [1.29, 1.82) is 0 Å². The molecule has 1 amide bonds. The molecule has 0 bridgehead atoms. The minimum Gasteiger partial charge on any atom is -0.461 e. The average Bonchev–Trinajstić information content (AvgIpc) is 3.36. The molecule has 0 spiro atoms. The standard InChI is InChI=1S/C25H35ClFN7O3/c1-24(2,3)37-23(35)32(4)17-7-5-9-33(14-17)21-20-18(11-19(26)30-31-20)28-22(29-21)36-15-25-8-6-10-34(25)13-16(27)12-25/h11,16-17H,5-10,12-15H2,1-4H3/t16-,17-,25+/m1/s1. The zero-order valence-electron chi connectivity index (χ0n) is 21.9. The maximum atomic E-state index is 14.2. The second-order valence-electron chi connectivity index (χ2n) is 11.4. The Balaban J connectivity index is 1.39. The summed E-state index contributed by atoms with van der Waals surface area (Å²) in [7, 11) is 1.76. The minimum absolute atomic E-state index is 0.0656. The third-order valence-corrected chi connectivity index (χ3v) is 7.71. The number of carbonyl (C=O) groups excluding carboxylic acids is 1. The fraction of sp³-hybridized carbons (Fsp3) is 0.720. The van der Waals surface area contributed by atoms with Gasteiger partial charge in [-0.05, 0) is 53.0 Å². The number of amides is 1. The highest BCUT2D eigenvalue weighted by Gasteiger charge is 2.49. The molecule has 3 aliphatic rings. The third kappa shape index (κ3) is 5.52. The van der Waals surface area contributed by atoms with Gasteiger partial charge in [-0.25, -0.2) is 9.18 Å². The van der Waals surface area contributed by atoms with E-state index in [1.807, 2.05) is 20.8 Å². The summed E-state index contributed by atoms with van der Waals surface area (Å²) < 4.78 is 26.0. The van der Waals surface area contributed by atoms with Gasteiger partial charge < -0.3 is 19.3 Å². The predicted octanol–water partition coefficient (Wildman–Crippen LogP) is 3.86. The van der Waals surface area contributed by atoms with Crippen LogP contribution in [-0.2, 0) is 4.74 Å². The molecule has 2 aromatic rings. The Morgan fingerprint density at radius 1 is 1.24 bits per heavy atom. The summed E-state index contributed by atoms with van der Waals surface area (Å²) >= 11 is 6.14. The van der Waals surface area contributed by atoms with Gasteiger partial charge in [-0.2, -0.15) is 9.97 Å². The first-order valence-electron chi connectivity index (χ1n) is 13.0. The molecular formula is C25H35ClFN7O3. The molecule has 12 heteroatoms. The summed E-state index contributed by atoms with van der Waals surface area (Å²) in [5.41, 5.74) is 0.165. The second-order valence-corrected chi connectivity index (χ2v) is 11.8. The number of fused-ring (bicyclic) bond motifs is 2. The van der Waals surface area contributed by atoms with Crippen molar-refractivity contribution in [2.24, 2.45) is 0 Å². The number of piperidine rings is 1. The second kappa shape index (κ2) is 9.98. The van der Waals surface area contributed by atoms with Crippen molar-refractivity contribution >= 4 is 34.5 Å². The van der Waals surface area contributed by atoms with E-state index in [0.717, 1.165) is 38.8 Å². The van der Waals surface area contributed by atoms with Crippen molar-refractivity contribution in [3.8, 4) is 6.01 Å². The monoisotopic (exact) mass is 535 g/mol. The van der Waals surface area contributed by atoms with Gasteiger partial charge in [-0.1, -0.05) is 11.6 Å². The molecule has 0 saturated carbocycles. The van der Waals surface area contributed by atoms with E-state index in [2.05, 4.69) is 25.0 Å². The van der Waals surface area contributed by atoms with Crippen molar-refractivity contribution in [3.05, 3.63) is 11.2 Å². The number of rotatable bonds is 5. The molecule has 5 heterocycles. The number of ether oxygens (including phenoxy) is 2. The third-order valence-electron chi connectivity index (χ3n) is 7.53. The van der Waals surface area contributed by atoms with Crippen molar-refractivity contribution in [2.45, 2.75) is 76.2 Å². The summed E-state index contributed by atoms with van der Waals surface area (Å²) in [6, 6.07) is 1.78. The molecule has 0 N–H and O–H groups in total. The molecular weight excluding hydrogens is 501 g/mol. The Morgan fingerprint density at radius 3 is 2.84 bits per heavy atom. The first kappa shape index (κ1) is 26.1. The Morgan fingerprint density at radius 2 is 2.05 bits per heavy atom. The van der Waals surface area contributed by atoms with Gasteiger partial charge in [0, 0.05) is 39.2 Å². The van der Waals surface area contributed by atoms with Gasteiger partial charge in [-0.15, -0.1) is 10.2 Å². The van der Waals surface area contributed by atoms with Crippen LogP contribution in [0.4, 0.5) is 15.0 Å². The number of alkyl halides is 1. The molecule has 3 atom stereocenters. The molecule has 3 saturated heterocycles. The maximum Gasteiger partial charge on any atom is 0.410 e. The van der Waals surface area contributed by atoms with E-state index in [1.54, 1.807) is 18.0 Å². The number of nitrogens with zero attached hydrogens (tertiary/aromatic N) is 7. The highest BCUT2D eigenvalue weighted by molar-refractivity contribution is 6.29. The maximum absolute atomic E-state index is 14.2. The zero-order chi connectivity index (χ0) is 26.4. The number of likely N-dealkylation sites (N-methyl/N-ethyl adjacent to an activating group) is 1. The van der Waals surface area contributed by atoms with Gasteiger partial charge >= 0.3 is 12.1 Å². The molecule has 0 unspecified atom stereocenters. The van der Waals surface area contributed by atoms with E-state index in [-0.39, 0.29) is 28.8 Å². The van der Waals surface area contributed by atoms with Crippen molar-refractivity contribution < 1.29 is 18.7 Å². The summed E-state index contributed by atoms with van der Waals surface area (Å²) in [5.74, 6) is 0.585. The molecule has 202 valence electrons. The highest BCUT2D eigenvalue weighted by atomic mass is 35.5. The normalized spacial score (nSPS) is 26.4. The van der Waals surface area contributed by atoms with E-state index in [0.29, 0.717) is 43.0 Å². The largest absolute Gasteiger partial charge is 0.461 e. The molecule has 0 aliphatic carbocycles. The summed E-state index contributed by atoms with van der Waals surface area (Å²) in [4.78, 5) is 27.9. The van der Waals surface area contributed by atoms with Crippen LogP contribution >= 0.6 is 11.6 Å². The van der Waals surface area contributed by atoms with Crippen LogP contribution < -0.4 is 9.64 Å². The average molecular weight is 536 g/mol. The van der Waals surface area contributed by atoms with Crippen LogP contribution in [0.1, 0.15) is 52.9 Å². The quantitative estimate of drug-likeness (QED) is 0.565. The molecule has 3 aliphatic heterocycles. The lowest BCUT2D eigenvalue weighted by molar-refractivity contribution is 0.0209. The highest BCUT2D eigenvalue weighted by Crippen LogP contribution is 2.40. The van der Waals surface area contributed by atoms with Crippen LogP contribution in [0.25, 0.3) is 11.0 Å². The fourth-order valence-electron chi connectivity index (χ4n) is 5.75.